The van der Waals surface area contributed by atoms with Crippen LogP contribution in [0.5, 0.6) is 17.2 Å². The highest BCUT2D eigenvalue weighted by molar-refractivity contribution is 5.91. The lowest BCUT2D eigenvalue weighted by atomic mass is 9.93. The second-order valence-electron chi connectivity index (χ2n) is 6.03. The number of fused-ring (bicyclic) bond motifs is 2. The van der Waals surface area contributed by atoms with Gasteiger partial charge in [-0.2, -0.15) is 0 Å². The number of methoxy groups -OCH3 is 2. The molecule has 0 spiro atoms. The van der Waals surface area contributed by atoms with Gasteiger partial charge in [0, 0.05) is 35.8 Å². The van der Waals surface area contributed by atoms with Crippen LogP contribution in [-0.2, 0) is 7.05 Å². The number of allylic oxidation sites excluding steroid dienone is 1. The van der Waals surface area contributed by atoms with Crippen molar-refractivity contribution in [2.75, 3.05) is 14.2 Å². The van der Waals surface area contributed by atoms with Crippen LogP contribution in [0.25, 0.3) is 16.5 Å². The van der Waals surface area contributed by atoms with E-state index in [4.69, 9.17) is 14.2 Å². The zero-order valence-corrected chi connectivity index (χ0v) is 14.5. The standard InChI is InChI=1S/C21H19NO3/c1-13-9-16(14-5-6-18-15(10-14)7-8-22(18)2)17-11-20(23-3)21(24-4)12-19(17)25-13/h5-12H,1H2,2-4H3. The highest BCUT2D eigenvalue weighted by Crippen LogP contribution is 2.43. The molecule has 0 aliphatic carbocycles. The summed E-state index contributed by atoms with van der Waals surface area (Å²) >= 11 is 0. The zero-order valence-electron chi connectivity index (χ0n) is 14.5. The number of hydrogen-bond donors (Lipinski definition) is 0. The molecule has 2 heterocycles. The first-order valence-electron chi connectivity index (χ1n) is 8.01. The van der Waals surface area contributed by atoms with E-state index in [1.54, 1.807) is 14.2 Å². The van der Waals surface area contributed by atoms with Gasteiger partial charge in [0.05, 0.1) is 14.2 Å². The molecule has 2 aromatic carbocycles. The highest BCUT2D eigenvalue weighted by Gasteiger charge is 2.21. The molecule has 0 fully saturated rings. The molecule has 0 saturated carbocycles. The normalized spacial score (nSPS) is 13.2. The molecule has 1 aliphatic rings. The van der Waals surface area contributed by atoms with Gasteiger partial charge in [-0.1, -0.05) is 12.6 Å². The van der Waals surface area contributed by atoms with Crippen molar-refractivity contribution in [3.05, 3.63) is 72.1 Å². The molecular formula is C21H19NO3. The van der Waals surface area contributed by atoms with Crippen molar-refractivity contribution in [1.82, 2.24) is 4.57 Å². The van der Waals surface area contributed by atoms with Gasteiger partial charge < -0.3 is 18.8 Å². The predicted molar refractivity (Wildman–Crippen MR) is 99.3 cm³/mol. The minimum absolute atomic E-state index is 0.600. The molecule has 0 unspecified atom stereocenters. The SMILES string of the molecule is C=C1C=C(c2ccc3c(ccn3C)c2)c2cc(OC)c(OC)cc2O1. The van der Waals surface area contributed by atoms with Crippen molar-refractivity contribution in [2.24, 2.45) is 7.05 Å². The lowest BCUT2D eigenvalue weighted by molar-refractivity contribution is 0.350. The number of rotatable bonds is 3. The number of aryl methyl sites for hydroxylation is 1. The van der Waals surface area contributed by atoms with E-state index in [9.17, 15) is 0 Å². The first kappa shape index (κ1) is 15.4. The highest BCUT2D eigenvalue weighted by atomic mass is 16.5. The van der Waals surface area contributed by atoms with Crippen molar-refractivity contribution < 1.29 is 14.2 Å². The molecule has 1 aromatic heterocycles. The summed E-state index contributed by atoms with van der Waals surface area (Å²) in [5.74, 6) is 2.62. The van der Waals surface area contributed by atoms with Gasteiger partial charge in [-0.3, -0.25) is 0 Å². The Balaban J connectivity index is 1.90. The van der Waals surface area contributed by atoms with E-state index in [-0.39, 0.29) is 0 Å². The van der Waals surface area contributed by atoms with Crippen LogP contribution in [0.2, 0.25) is 0 Å². The van der Waals surface area contributed by atoms with Crippen molar-refractivity contribution in [1.29, 1.82) is 0 Å². The van der Waals surface area contributed by atoms with Crippen LogP contribution in [-0.4, -0.2) is 18.8 Å². The number of ether oxygens (including phenoxy) is 3. The third kappa shape index (κ3) is 2.47. The first-order chi connectivity index (χ1) is 12.1. The van der Waals surface area contributed by atoms with Gasteiger partial charge >= 0.3 is 0 Å². The number of benzene rings is 2. The molecule has 4 rings (SSSR count). The van der Waals surface area contributed by atoms with Crippen molar-refractivity contribution in [3.63, 3.8) is 0 Å². The van der Waals surface area contributed by atoms with E-state index >= 15 is 0 Å². The van der Waals surface area contributed by atoms with Gasteiger partial charge in [0.1, 0.15) is 11.5 Å². The fourth-order valence-electron chi connectivity index (χ4n) is 3.25. The molecule has 0 N–H and O–H groups in total. The third-order valence-electron chi connectivity index (χ3n) is 4.52. The summed E-state index contributed by atoms with van der Waals surface area (Å²) in [6, 6.07) is 12.3. The van der Waals surface area contributed by atoms with E-state index in [1.807, 2.05) is 25.3 Å². The van der Waals surface area contributed by atoms with Gasteiger partial charge in [0.15, 0.2) is 11.5 Å². The van der Waals surface area contributed by atoms with Crippen LogP contribution in [0, 0.1) is 0 Å². The predicted octanol–water partition coefficient (Wildman–Crippen LogP) is 4.53. The second kappa shape index (κ2) is 5.74. The molecule has 1 aliphatic heterocycles. The average Bonchev–Trinajstić information content (AvgIpc) is 3.00. The van der Waals surface area contributed by atoms with Crippen LogP contribution in [0.15, 0.2) is 61.0 Å². The average molecular weight is 333 g/mol. The molecule has 126 valence electrons. The molecule has 0 radical (unpaired) electrons. The smallest absolute Gasteiger partial charge is 0.164 e. The fraction of sp³-hybridized carbons (Fsp3) is 0.143. The monoisotopic (exact) mass is 333 g/mol. The second-order valence-corrected chi connectivity index (χ2v) is 6.03. The number of aromatic nitrogens is 1. The van der Waals surface area contributed by atoms with E-state index in [0.717, 1.165) is 16.7 Å². The fourth-order valence-corrected chi connectivity index (χ4v) is 3.25. The third-order valence-corrected chi connectivity index (χ3v) is 4.52. The zero-order chi connectivity index (χ0) is 17.6. The first-order valence-corrected chi connectivity index (χ1v) is 8.01. The Labute approximate surface area is 146 Å². The molecule has 0 amide bonds. The summed E-state index contributed by atoms with van der Waals surface area (Å²) in [7, 11) is 5.29. The van der Waals surface area contributed by atoms with Crippen molar-refractivity contribution in [3.8, 4) is 17.2 Å². The van der Waals surface area contributed by atoms with Gasteiger partial charge in [0.2, 0.25) is 0 Å². The molecule has 25 heavy (non-hydrogen) atoms. The largest absolute Gasteiger partial charge is 0.493 e. The van der Waals surface area contributed by atoms with E-state index in [0.29, 0.717) is 23.0 Å². The molecule has 0 atom stereocenters. The Bertz CT molecular complexity index is 1030. The van der Waals surface area contributed by atoms with Crippen molar-refractivity contribution in [2.45, 2.75) is 0 Å². The minimum atomic E-state index is 0.600. The Kier molecular flexibility index (Phi) is 3.53. The quantitative estimate of drug-likeness (QED) is 0.706. The maximum atomic E-state index is 5.81. The Morgan fingerprint density at radius 3 is 2.52 bits per heavy atom. The van der Waals surface area contributed by atoms with E-state index in [1.165, 1.54) is 10.9 Å². The van der Waals surface area contributed by atoms with Crippen LogP contribution < -0.4 is 14.2 Å². The Hall–Kier alpha value is -3.14. The summed E-state index contributed by atoms with van der Waals surface area (Å²) in [5.41, 5.74) is 4.32. The molecule has 4 heteroatoms. The van der Waals surface area contributed by atoms with E-state index < -0.39 is 0 Å². The summed E-state index contributed by atoms with van der Waals surface area (Å²) in [4.78, 5) is 0. The van der Waals surface area contributed by atoms with Crippen LogP contribution >= 0.6 is 0 Å². The summed E-state index contributed by atoms with van der Waals surface area (Å²) in [5, 5.41) is 1.19. The Morgan fingerprint density at radius 1 is 1.00 bits per heavy atom. The van der Waals surface area contributed by atoms with Crippen LogP contribution in [0.4, 0.5) is 0 Å². The Morgan fingerprint density at radius 2 is 1.76 bits per heavy atom. The minimum Gasteiger partial charge on any atom is -0.493 e. The van der Waals surface area contributed by atoms with Gasteiger partial charge in [0.25, 0.3) is 0 Å². The van der Waals surface area contributed by atoms with Gasteiger partial charge in [-0.15, -0.1) is 0 Å². The summed E-state index contributed by atoms with van der Waals surface area (Å²) in [6.07, 6.45) is 4.02. The van der Waals surface area contributed by atoms with Gasteiger partial charge in [-0.25, -0.2) is 0 Å². The number of hydrogen-bond acceptors (Lipinski definition) is 3. The summed E-state index contributed by atoms with van der Waals surface area (Å²) < 4.78 is 18.8. The number of nitrogens with zero attached hydrogens (tertiary/aromatic N) is 1. The lowest BCUT2D eigenvalue weighted by Gasteiger charge is -2.22. The molecule has 0 saturated heterocycles. The maximum absolute atomic E-state index is 5.81. The lowest BCUT2D eigenvalue weighted by Crippen LogP contribution is -2.05. The molecule has 3 aromatic rings. The summed E-state index contributed by atoms with van der Waals surface area (Å²) in [6.45, 7) is 3.98. The van der Waals surface area contributed by atoms with Crippen LogP contribution in [0.1, 0.15) is 11.1 Å². The molecule has 4 nitrogen and oxygen atoms in total. The molecule has 0 bridgehead atoms. The topological polar surface area (TPSA) is 32.6 Å². The van der Waals surface area contributed by atoms with Crippen LogP contribution in [0.3, 0.4) is 0 Å². The molecular weight excluding hydrogens is 314 g/mol. The van der Waals surface area contributed by atoms with Gasteiger partial charge in [-0.05, 0) is 41.5 Å². The van der Waals surface area contributed by atoms with E-state index in [2.05, 4.69) is 41.6 Å². The van der Waals surface area contributed by atoms with Crippen molar-refractivity contribution >= 4 is 16.5 Å². The maximum Gasteiger partial charge on any atom is 0.164 e.